The predicted molar refractivity (Wildman–Crippen MR) is 66.6 cm³/mol. The zero-order valence-corrected chi connectivity index (χ0v) is 10.5. The van der Waals surface area contributed by atoms with Crippen LogP contribution in [0.5, 0.6) is 0 Å². The average Bonchev–Trinajstić information content (AvgIpc) is 2.88. The first-order valence-electron chi connectivity index (χ1n) is 6.20. The molecule has 1 amide bonds. The lowest BCUT2D eigenvalue weighted by molar-refractivity contribution is -0.144. The van der Waals surface area contributed by atoms with Crippen LogP contribution in [0.3, 0.4) is 0 Å². The molecular formula is C12H17N3O4. The summed E-state index contributed by atoms with van der Waals surface area (Å²) in [6, 6.07) is 3.78. The molecule has 0 aliphatic carbocycles. The van der Waals surface area contributed by atoms with E-state index in [-0.39, 0.29) is 6.04 Å². The van der Waals surface area contributed by atoms with Crippen molar-refractivity contribution in [2.75, 3.05) is 19.7 Å². The molecule has 1 aliphatic heterocycles. The second-order valence-corrected chi connectivity index (χ2v) is 4.40. The van der Waals surface area contributed by atoms with Crippen molar-refractivity contribution in [3.05, 3.63) is 24.0 Å². The number of aromatic nitrogens is 1. The quantitative estimate of drug-likeness (QED) is 0.661. The van der Waals surface area contributed by atoms with Crippen molar-refractivity contribution < 1.29 is 19.5 Å². The van der Waals surface area contributed by atoms with Gasteiger partial charge < -0.3 is 15.0 Å². The molecule has 7 nitrogen and oxygen atoms in total. The largest absolute Gasteiger partial charge is 0.479 e. The van der Waals surface area contributed by atoms with Crippen molar-refractivity contribution in [3.8, 4) is 0 Å². The number of nitrogens with one attached hydrogen (secondary N) is 2. The summed E-state index contributed by atoms with van der Waals surface area (Å²) in [6.07, 6.45) is 3.79. The zero-order valence-electron chi connectivity index (χ0n) is 10.5. The van der Waals surface area contributed by atoms with Gasteiger partial charge in [0.2, 0.25) is 0 Å². The van der Waals surface area contributed by atoms with Gasteiger partial charge in [0.05, 0.1) is 0 Å². The highest BCUT2D eigenvalue weighted by atomic mass is 16.7. The topological polar surface area (TPSA) is 92.6 Å². The fourth-order valence-corrected chi connectivity index (χ4v) is 2.21. The van der Waals surface area contributed by atoms with Crippen LogP contribution in [-0.4, -0.2) is 41.2 Å². The zero-order chi connectivity index (χ0) is 13.7. The monoisotopic (exact) mass is 267 g/mol. The number of hydrogen-bond donors (Lipinski definition) is 3. The van der Waals surface area contributed by atoms with Gasteiger partial charge in [-0.25, -0.2) is 10.3 Å². The van der Waals surface area contributed by atoms with E-state index in [2.05, 4.69) is 15.6 Å². The molecule has 0 saturated carbocycles. The molecule has 0 spiro atoms. The second kappa shape index (κ2) is 6.35. The van der Waals surface area contributed by atoms with Crippen LogP contribution in [0.1, 0.15) is 29.4 Å². The fourth-order valence-electron chi connectivity index (χ4n) is 2.21. The Kier molecular flexibility index (Phi) is 4.53. The fraction of sp³-hybridized carbons (Fsp3) is 0.500. The van der Waals surface area contributed by atoms with Crippen molar-refractivity contribution >= 4 is 11.9 Å². The number of rotatable bonds is 5. The van der Waals surface area contributed by atoms with Crippen molar-refractivity contribution in [2.24, 2.45) is 0 Å². The number of amides is 1. The van der Waals surface area contributed by atoms with E-state index in [9.17, 15) is 9.59 Å². The molecule has 19 heavy (non-hydrogen) atoms. The van der Waals surface area contributed by atoms with Gasteiger partial charge in [-0.3, -0.25) is 9.63 Å². The van der Waals surface area contributed by atoms with Crippen molar-refractivity contribution in [3.63, 3.8) is 0 Å². The molecule has 1 saturated heterocycles. The van der Waals surface area contributed by atoms with E-state index in [0.29, 0.717) is 5.69 Å². The molecule has 0 aromatic carbocycles. The maximum atomic E-state index is 11.9. The predicted octanol–water partition coefficient (Wildman–Crippen LogP) is 0.159. The Labute approximate surface area is 110 Å². The molecular weight excluding hydrogens is 250 g/mol. The number of piperidine rings is 1. The third-order valence-corrected chi connectivity index (χ3v) is 3.07. The molecule has 104 valence electrons. The summed E-state index contributed by atoms with van der Waals surface area (Å²) >= 11 is 0. The number of hydroxylamine groups is 1. The van der Waals surface area contributed by atoms with Gasteiger partial charge in [0.1, 0.15) is 5.69 Å². The van der Waals surface area contributed by atoms with E-state index in [4.69, 9.17) is 5.11 Å². The summed E-state index contributed by atoms with van der Waals surface area (Å²) in [5.74, 6) is -1.56. The number of aliphatic carboxylic acids is 1. The summed E-state index contributed by atoms with van der Waals surface area (Å²) in [4.78, 5) is 26.8. The molecule has 2 rings (SSSR count). The van der Waals surface area contributed by atoms with Crippen LogP contribution in [0.2, 0.25) is 0 Å². The molecule has 1 aliphatic rings. The maximum Gasteiger partial charge on any atom is 0.332 e. The standard InChI is InChI=1S/C12H17N3O4/c16-11(17)8-19-14-12(18)10-2-1-7-15(10)9-3-5-13-6-4-9/h1-2,7,9,13H,3-6,8H2,(H,14,18)(H,16,17). The van der Waals surface area contributed by atoms with Gasteiger partial charge in [0.25, 0.3) is 5.91 Å². The third-order valence-electron chi connectivity index (χ3n) is 3.07. The number of hydrogen-bond acceptors (Lipinski definition) is 4. The molecule has 2 heterocycles. The van der Waals surface area contributed by atoms with Gasteiger partial charge >= 0.3 is 5.97 Å². The molecule has 1 aromatic rings. The molecule has 7 heteroatoms. The molecule has 0 radical (unpaired) electrons. The van der Waals surface area contributed by atoms with E-state index < -0.39 is 18.5 Å². The summed E-state index contributed by atoms with van der Waals surface area (Å²) < 4.78 is 1.92. The van der Waals surface area contributed by atoms with Crippen molar-refractivity contribution in [2.45, 2.75) is 18.9 Å². The number of carboxylic acids is 1. The summed E-state index contributed by atoms with van der Waals surface area (Å²) in [5, 5.41) is 11.7. The lowest BCUT2D eigenvalue weighted by Gasteiger charge is -2.25. The Hall–Kier alpha value is -1.86. The van der Waals surface area contributed by atoms with E-state index in [1.165, 1.54) is 0 Å². The Morgan fingerprint density at radius 3 is 2.89 bits per heavy atom. The minimum absolute atomic E-state index is 0.288. The van der Waals surface area contributed by atoms with Crippen LogP contribution in [0.4, 0.5) is 0 Å². The van der Waals surface area contributed by atoms with Crippen molar-refractivity contribution in [1.29, 1.82) is 0 Å². The van der Waals surface area contributed by atoms with Crippen LogP contribution in [0, 0.1) is 0 Å². The highest BCUT2D eigenvalue weighted by Gasteiger charge is 2.20. The molecule has 1 fully saturated rings. The maximum absolute atomic E-state index is 11.9. The average molecular weight is 267 g/mol. The highest BCUT2D eigenvalue weighted by molar-refractivity contribution is 5.92. The first-order valence-corrected chi connectivity index (χ1v) is 6.20. The van der Waals surface area contributed by atoms with Gasteiger partial charge in [-0.1, -0.05) is 0 Å². The van der Waals surface area contributed by atoms with Gasteiger partial charge in [0.15, 0.2) is 6.61 Å². The Morgan fingerprint density at radius 1 is 1.47 bits per heavy atom. The van der Waals surface area contributed by atoms with Crippen molar-refractivity contribution in [1.82, 2.24) is 15.4 Å². The number of carbonyl (C=O) groups excluding carboxylic acids is 1. The Bertz CT molecular complexity index is 452. The Morgan fingerprint density at radius 2 is 2.21 bits per heavy atom. The second-order valence-electron chi connectivity index (χ2n) is 4.40. The first-order chi connectivity index (χ1) is 9.18. The summed E-state index contributed by atoms with van der Waals surface area (Å²) in [5.41, 5.74) is 2.62. The minimum atomic E-state index is -1.13. The van der Waals surface area contributed by atoms with Gasteiger partial charge in [0, 0.05) is 12.2 Å². The summed E-state index contributed by atoms with van der Waals surface area (Å²) in [7, 11) is 0. The van der Waals surface area contributed by atoms with Gasteiger partial charge in [-0.15, -0.1) is 0 Å². The van der Waals surface area contributed by atoms with Gasteiger partial charge in [-0.2, -0.15) is 0 Å². The number of carboxylic acid groups (broad SMARTS) is 1. The highest BCUT2D eigenvalue weighted by Crippen LogP contribution is 2.21. The third kappa shape index (κ3) is 3.55. The minimum Gasteiger partial charge on any atom is -0.479 e. The van der Waals surface area contributed by atoms with E-state index >= 15 is 0 Å². The molecule has 0 bridgehead atoms. The molecule has 1 aromatic heterocycles. The first kappa shape index (κ1) is 13.6. The Balaban J connectivity index is 1.97. The van der Waals surface area contributed by atoms with Gasteiger partial charge in [-0.05, 0) is 38.1 Å². The van der Waals surface area contributed by atoms with Crippen LogP contribution in [-0.2, 0) is 9.63 Å². The van der Waals surface area contributed by atoms with Crippen LogP contribution >= 0.6 is 0 Å². The molecule has 0 unspecified atom stereocenters. The SMILES string of the molecule is O=C(O)CONC(=O)c1cccn1C1CCNCC1. The van der Waals surface area contributed by atoms with Crippen LogP contribution < -0.4 is 10.8 Å². The summed E-state index contributed by atoms with van der Waals surface area (Å²) in [6.45, 7) is 1.30. The molecule has 3 N–H and O–H groups in total. The molecule has 0 atom stereocenters. The lowest BCUT2D eigenvalue weighted by Crippen LogP contribution is -2.33. The smallest absolute Gasteiger partial charge is 0.332 e. The lowest BCUT2D eigenvalue weighted by atomic mass is 10.1. The normalized spacial score (nSPS) is 16.2. The van der Waals surface area contributed by atoms with E-state index in [0.717, 1.165) is 25.9 Å². The number of carbonyl (C=O) groups is 2. The van der Waals surface area contributed by atoms with E-state index in [1.54, 1.807) is 12.1 Å². The number of nitrogens with zero attached hydrogens (tertiary/aromatic N) is 1. The van der Waals surface area contributed by atoms with E-state index in [1.807, 2.05) is 10.8 Å². The van der Waals surface area contributed by atoms with Crippen LogP contribution in [0.25, 0.3) is 0 Å². The van der Waals surface area contributed by atoms with Crippen LogP contribution in [0.15, 0.2) is 18.3 Å².